The molecule has 0 spiro atoms. The summed E-state index contributed by atoms with van der Waals surface area (Å²) in [7, 11) is 1.70. The second kappa shape index (κ2) is 4.38. The van der Waals surface area contributed by atoms with E-state index in [0.29, 0.717) is 17.9 Å². The molecule has 1 aromatic rings. The molecule has 1 aliphatic rings. The largest absolute Gasteiger partial charge is 0.314 e. The highest BCUT2D eigenvalue weighted by Crippen LogP contribution is 2.42. The Morgan fingerprint density at radius 3 is 2.41 bits per heavy atom. The van der Waals surface area contributed by atoms with Crippen LogP contribution in [0, 0.1) is 16.7 Å². The summed E-state index contributed by atoms with van der Waals surface area (Å²) < 4.78 is 0. The smallest absolute Gasteiger partial charge is 0.247 e. The van der Waals surface area contributed by atoms with E-state index in [1.807, 2.05) is 0 Å². The minimum atomic E-state index is -0.797. The molecule has 2 rings (SSSR count). The number of carbonyl (C=O) groups excluding carboxylic acids is 1. The van der Waals surface area contributed by atoms with Crippen molar-refractivity contribution in [3.05, 3.63) is 29.3 Å². The Hall–Kier alpha value is -1.53. The van der Waals surface area contributed by atoms with Crippen molar-refractivity contribution >= 4 is 23.2 Å². The van der Waals surface area contributed by atoms with Crippen LogP contribution in [0.3, 0.4) is 0 Å². The maximum absolute atomic E-state index is 12.2. The van der Waals surface area contributed by atoms with Crippen molar-refractivity contribution in [2.75, 3.05) is 11.9 Å². The highest BCUT2D eigenvalue weighted by molar-refractivity contribution is 6.30. The molecule has 0 saturated heterocycles. The van der Waals surface area contributed by atoms with Crippen LogP contribution >= 0.6 is 11.6 Å². The summed E-state index contributed by atoms with van der Waals surface area (Å²) in [6.07, 6.45) is 2.29. The van der Waals surface area contributed by atoms with Crippen LogP contribution in [-0.2, 0) is 4.79 Å². The molecule has 0 bridgehead atoms. The quantitative estimate of drug-likeness (QED) is 0.808. The molecule has 17 heavy (non-hydrogen) atoms. The van der Waals surface area contributed by atoms with E-state index in [0.717, 1.165) is 12.1 Å². The van der Waals surface area contributed by atoms with E-state index in [-0.39, 0.29) is 5.91 Å². The first-order valence-electron chi connectivity index (χ1n) is 5.54. The Bertz CT molecular complexity index is 471. The van der Waals surface area contributed by atoms with Crippen LogP contribution in [0.1, 0.15) is 19.3 Å². The minimum absolute atomic E-state index is 0.117. The highest BCUT2D eigenvalue weighted by Gasteiger charge is 2.46. The second-order valence-corrected chi connectivity index (χ2v) is 4.82. The summed E-state index contributed by atoms with van der Waals surface area (Å²) in [4.78, 5) is 13.8. The van der Waals surface area contributed by atoms with E-state index in [2.05, 4.69) is 6.07 Å². The number of nitrogens with zero attached hydrogens (tertiary/aromatic N) is 2. The van der Waals surface area contributed by atoms with Gasteiger partial charge in [-0.15, -0.1) is 0 Å². The molecule has 1 aromatic carbocycles. The number of nitriles is 1. The molecule has 1 saturated carbocycles. The molecule has 4 heteroatoms. The van der Waals surface area contributed by atoms with Crippen LogP contribution in [0.25, 0.3) is 0 Å². The first kappa shape index (κ1) is 11.9. The fourth-order valence-corrected chi connectivity index (χ4v) is 2.13. The lowest BCUT2D eigenvalue weighted by Crippen LogP contribution is -2.45. The van der Waals surface area contributed by atoms with Gasteiger partial charge in [-0.1, -0.05) is 11.6 Å². The molecule has 88 valence electrons. The van der Waals surface area contributed by atoms with Gasteiger partial charge >= 0.3 is 0 Å². The molecule has 0 heterocycles. The minimum Gasteiger partial charge on any atom is -0.314 e. The fraction of sp³-hybridized carbons (Fsp3) is 0.385. The van der Waals surface area contributed by atoms with E-state index < -0.39 is 5.41 Å². The number of benzene rings is 1. The van der Waals surface area contributed by atoms with E-state index in [4.69, 9.17) is 16.9 Å². The summed E-state index contributed by atoms with van der Waals surface area (Å²) in [5.41, 5.74) is -0.0325. The maximum Gasteiger partial charge on any atom is 0.247 e. The van der Waals surface area contributed by atoms with Crippen LogP contribution < -0.4 is 4.90 Å². The van der Waals surface area contributed by atoms with Gasteiger partial charge in [0.1, 0.15) is 5.41 Å². The summed E-state index contributed by atoms with van der Waals surface area (Å²) >= 11 is 5.80. The number of amides is 1. The predicted octanol–water partition coefficient (Wildman–Crippen LogP) is 3.00. The third kappa shape index (κ3) is 2.01. The zero-order valence-corrected chi connectivity index (χ0v) is 10.4. The van der Waals surface area contributed by atoms with Gasteiger partial charge in [-0.3, -0.25) is 4.79 Å². The van der Waals surface area contributed by atoms with E-state index in [1.165, 1.54) is 0 Å². The topological polar surface area (TPSA) is 44.1 Å². The van der Waals surface area contributed by atoms with Crippen molar-refractivity contribution in [1.29, 1.82) is 5.26 Å². The molecule has 1 amide bonds. The molecule has 0 unspecified atom stereocenters. The van der Waals surface area contributed by atoms with Gasteiger partial charge in [-0.2, -0.15) is 5.26 Å². The summed E-state index contributed by atoms with van der Waals surface area (Å²) in [5, 5.41) is 9.76. The third-order valence-corrected chi connectivity index (χ3v) is 3.60. The van der Waals surface area contributed by atoms with E-state index in [9.17, 15) is 4.79 Å². The Morgan fingerprint density at radius 2 is 2.00 bits per heavy atom. The van der Waals surface area contributed by atoms with Gasteiger partial charge in [-0.25, -0.2) is 0 Å². The van der Waals surface area contributed by atoms with Crippen molar-refractivity contribution in [3.8, 4) is 6.07 Å². The third-order valence-electron chi connectivity index (χ3n) is 3.35. The molecule has 0 atom stereocenters. The van der Waals surface area contributed by atoms with Crippen molar-refractivity contribution < 1.29 is 4.79 Å². The van der Waals surface area contributed by atoms with Gasteiger partial charge in [0.15, 0.2) is 0 Å². The van der Waals surface area contributed by atoms with Crippen LogP contribution in [0.2, 0.25) is 5.02 Å². The van der Waals surface area contributed by atoms with Crippen molar-refractivity contribution in [3.63, 3.8) is 0 Å². The first-order chi connectivity index (χ1) is 8.09. The van der Waals surface area contributed by atoms with Gasteiger partial charge < -0.3 is 4.90 Å². The average Bonchev–Trinajstić information content (AvgIpc) is 2.28. The number of hydrogen-bond acceptors (Lipinski definition) is 2. The van der Waals surface area contributed by atoms with Crippen molar-refractivity contribution in [1.82, 2.24) is 0 Å². The second-order valence-electron chi connectivity index (χ2n) is 4.39. The average molecular weight is 249 g/mol. The Kier molecular flexibility index (Phi) is 3.08. The number of hydrogen-bond donors (Lipinski definition) is 0. The number of anilines is 1. The normalized spacial score (nSPS) is 16.8. The summed E-state index contributed by atoms with van der Waals surface area (Å²) in [6.45, 7) is 0. The predicted molar refractivity (Wildman–Crippen MR) is 66.8 cm³/mol. The molecule has 0 aliphatic heterocycles. The van der Waals surface area contributed by atoms with E-state index in [1.54, 1.807) is 36.2 Å². The number of rotatable bonds is 2. The molecule has 1 aliphatic carbocycles. The Labute approximate surface area is 106 Å². The SMILES string of the molecule is CN(C(=O)C1(C#N)CCC1)c1ccc(Cl)cc1. The number of halogens is 1. The maximum atomic E-state index is 12.2. The lowest BCUT2D eigenvalue weighted by molar-refractivity contribution is -0.128. The lowest BCUT2D eigenvalue weighted by Gasteiger charge is -2.36. The van der Waals surface area contributed by atoms with Crippen LogP contribution in [0.5, 0.6) is 0 Å². The molecule has 3 nitrogen and oxygen atoms in total. The molecular formula is C13H13ClN2O. The lowest BCUT2D eigenvalue weighted by atomic mass is 9.69. The van der Waals surface area contributed by atoms with E-state index >= 15 is 0 Å². The first-order valence-corrected chi connectivity index (χ1v) is 5.92. The van der Waals surface area contributed by atoms with Crippen LogP contribution in [0.15, 0.2) is 24.3 Å². The zero-order valence-electron chi connectivity index (χ0n) is 9.61. The Balaban J connectivity index is 2.20. The summed E-state index contributed by atoms with van der Waals surface area (Å²) in [5.74, 6) is -0.117. The Morgan fingerprint density at radius 1 is 1.41 bits per heavy atom. The number of carbonyl (C=O) groups is 1. The molecule has 0 N–H and O–H groups in total. The molecule has 0 aromatic heterocycles. The van der Waals surface area contributed by atoms with Crippen molar-refractivity contribution in [2.45, 2.75) is 19.3 Å². The molecule has 1 fully saturated rings. The summed E-state index contributed by atoms with van der Waals surface area (Å²) in [6, 6.07) is 9.20. The van der Waals surface area contributed by atoms with Gasteiger partial charge in [0, 0.05) is 17.8 Å². The van der Waals surface area contributed by atoms with Crippen LogP contribution in [0.4, 0.5) is 5.69 Å². The standard InChI is InChI=1S/C13H13ClN2O/c1-16(11-5-3-10(14)4-6-11)12(17)13(9-15)7-2-8-13/h3-6H,2,7-8H2,1H3. The monoisotopic (exact) mass is 248 g/mol. The van der Waals surface area contributed by atoms with Gasteiger partial charge in [0.05, 0.1) is 6.07 Å². The fourth-order valence-electron chi connectivity index (χ4n) is 2.01. The van der Waals surface area contributed by atoms with Crippen LogP contribution in [-0.4, -0.2) is 13.0 Å². The highest BCUT2D eigenvalue weighted by atomic mass is 35.5. The van der Waals surface area contributed by atoms with Crippen molar-refractivity contribution in [2.24, 2.45) is 5.41 Å². The van der Waals surface area contributed by atoms with Gasteiger partial charge in [0.25, 0.3) is 0 Å². The zero-order chi connectivity index (χ0) is 12.5. The van der Waals surface area contributed by atoms with Gasteiger partial charge in [0.2, 0.25) is 5.91 Å². The van der Waals surface area contributed by atoms with Gasteiger partial charge in [-0.05, 0) is 43.5 Å². The molecular weight excluding hydrogens is 236 g/mol. The molecule has 0 radical (unpaired) electrons.